The van der Waals surface area contributed by atoms with Crippen molar-refractivity contribution in [3.63, 3.8) is 0 Å². The van der Waals surface area contributed by atoms with Crippen LogP contribution in [0.1, 0.15) is 60.6 Å². The molecule has 0 bridgehead atoms. The third-order valence-corrected chi connectivity index (χ3v) is 4.79. The summed E-state index contributed by atoms with van der Waals surface area (Å²) in [6, 6.07) is 2.21. The van der Waals surface area contributed by atoms with E-state index in [-0.39, 0.29) is 11.9 Å². The average molecular weight is 329 g/mol. The number of nitrogens with one attached hydrogen (secondary N) is 2. The minimum atomic E-state index is 0.0796. The molecule has 1 aliphatic carbocycles. The first-order valence-corrected chi connectivity index (χ1v) is 8.89. The Morgan fingerprint density at radius 3 is 2.92 bits per heavy atom. The Balaban J connectivity index is 1.48. The highest BCUT2D eigenvalue weighted by Crippen LogP contribution is 2.22. The first-order chi connectivity index (χ1) is 11.5. The molecular formula is C18H27N5O. The molecule has 3 rings (SSSR count). The van der Waals surface area contributed by atoms with Crippen molar-refractivity contribution in [1.82, 2.24) is 25.3 Å². The minimum absolute atomic E-state index is 0.0796. The van der Waals surface area contributed by atoms with Crippen molar-refractivity contribution in [2.24, 2.45) is 0 Å². The van der Waals surface area contributed by atoms with Crippen LogP contribution in [0.3, 0.4) is 0 Å². The van der Waals surface area contributed by atoms with E-state index in [0.29, 0.717) is 19.4 Å². The molecule has 1 atom stereocenters. The highest BCUT2D eigenvalue weighted by Gasteiger charge is 2.17. The number of aromatic nitrogens is 4. The van der Waals surface area contributed by atoms with Crippen molar-refractivity contribution >= 4 is 5.91 Å². The molecule has 0 aromatic carbocycles. The van der Waals surface area contributed by atoms with Gasteiger partial charge < -0.3 is 5.32 Å². The Bertz CT molecular complexity index is 715. The van der Waals surface area contributed by atoms with E-state index >= 15 is 0 Å². The molecule has 1 amide bonds. The van der Waals surface area contributed by atoms with Gasteiger partial charge in [0.05, 0.1) is 17.4 Å². The summed E-state index contributed by atoms with van der Waals surface area (Å²) in [4.78, 5) is 12.2. The van der Waals surface area contributed by atoms with Crippen LogP contribution in [0, 0.1) is 13.8 Å². The number of hydrogen-bond acceptors (Lipinski definition) is 3. The predicted molar refractivity (Wildman–Crippen MR) is 93.0 cm³/mol. The molecule has 2 N–H and O–H groups in total. The standard InChI is InChI=1S/C18H27N5O/c1-12-10-13(2)23(22-12)14(3)11-19-18(24)9-8-17-15-6-4-5-7-16(15)20-21-17/h10,14H,4-9,11H2,1-3H3,(H,19,24)(H,20,21)/t14-/m0/s1. The first kappa shape index (κ1) is 16.7. The van der Waals surface area contributed by atoms with Gasteiger partial charge in [0.1, 0.15) is 0 Å². The fourth-order valence-electron chi connectivity index (χ4n) is 3.52. The Morgan fingerprint density at radius 1 is 1.38 bits per heavy atom. The molecule has 0 fully saturated rings. The van der Waals surface area contributed by atoms with Gasteiger partial charge in [-0.3, -0.25) is 14.6 Å². The van der Waals surface area contributed by atoms with Gasteiger partial charge in [-0.25, -0.2) is 0 Å². The van der Waals surface area contributed by atoms with Crippen LogP contribution in [-0.4, -0.2) is 32.4 Å². The Morgan fingerprint density at radius 2 is 2.17 bits per heavy atom. The number of nitrogens with zero attached hydrogens (tertiary/aromatic N) is 3. The maximum Gasteiger partial charge on any atom is 0.220 e. The van der Waals surface area contributed by atoms with Gasteiger partial charge in [0.15, 0.2) is 0 Å². The van der Waals surface area contributed by atoms with E-state index in [2.05, 4.69) is 33.6 Å². The number of H-pyrrole nitrogens is 1. The zero-order chi connectivity index (χ0) is 17.1. The van der Waals surface area contributed by atoms with E-state index < -0.39 is 0 Å². The van der Waals surface area contributed by atoms with Crippen molar-refractivity contribution in [2.75, 3.05) is 6.54 Å². The Hall–Kier alpha value is -2.11. The normalized spacial score (nSPS) is 15.1. The van der Waals surface area contributed by atoms with E-state index in [1.807, 2.05) is 18.5 Å². The summed E-state index contributed by atoms with van der Waals surface area (Å²) in [7, 11) is 0. The van der Waals surface area contributed by atoms with Crippen LogP contribution < -0.4 is 5.32 Å². The van der Waals surface area contributed by atoms with Crippen LogP contribution in [0.2, 0.25) is 0 Å². The van der Waals surface area contributed by atoms with Crippen molar-refractivity contribution in [3.8, 4) is 0 Å². The molecule has 6 heteroatoms. The number of carbonyl (C=O) groups excluding carboxylic acids is 1. The minimum Gasteiger partial charge on any atom is -0.354 e. The molecular weight excluding hydrogens is 302 g/mol. The number of aromatic amines is 1. The van der Waals surface area contributed by atoms with E-state index in [9.17, 15) is 4.79 Å². The van der Waals surface area contributed by atoms with Crippen molar-refractivity contribution < 1.29 is 4.79 Å². The number of aryl methyl sites for hydroxylation is 4. The third kappa shape index (κ3) is 3.68. The van der Waals surface area contributed by atoms with Crippen LogP contribution in [0.5, 0.6) is 0 Å². The topological polar surface area (TPSA) is 75.6 Å². The summed E-state index contributed by atoms with van der Waals surface area (Å²) in [5.74, 6) is 0.0796. The summed E-state index contributed by atoms with van der Waals surface area (Å²) in [5.41, 5.74) is 5.83. The lowest BCUT2D eigenvalue weighted by Crippen LogP contribution is -2.30. The quantitative estimate of drug-likeness (QED) is 0.854. The fraction of sp³-hybridized carbons (Fsp3) is 0.611. The van der Waals surface area contributed by atoms with E-state index in [0.717, 1.165) is 29.9 Å². The van der Waals surface area contributed by atoms with Gasteiger partial charge in [0.25, 0.3) is 0 Å². The van der Waals surface area contributed by atoms with Gasteiger partial charge in [-0.1, -0.05) is 0 Å². The molecule has 1 aliphatic rings. The number of fused-ring (bicyclic) bond motifs is 1. The van der Waals surface area contributed by atoms with E-state index in [1.165, 1.54) is 24.1 Å². The second-order valence-electron chi connectivity index (χ2n) is 6.86. The second kappa shape index (κ2) is 7.20. The highest BCUT2D eigenvalue weighted by molar-refractivity contribution is 5.76. The molecule has 24 heavy (non-hydrogen) atoms. The molecule has 0 aliphatic heterocycles. The summed E-state index contributed by atoms with van der Waals surface area (Å²) in [5, 5.41) is 15.0. The van der Waals surface area contributed by atoms with E-state index in [4.69, 9.17) is 0 Å². The fourth-order valence-corrected chi connectivity index (χ4v) is 3.52. The van der Waals surface area contributed by atoms with Crippen LogP contribution in [0.25, 0.3) is 0 Å². The monoisotopic (exact) mass is 329 g/mol. The van der Waals surface area contributed by atoms with Crippen LogP contribution in [0.15, 0.2) is 6.07 Å². The molecule has 0 radical (unpaired) electrons. The molecule has 2 aromatic heterocycles. The Labute approximate surface area is 143 Å². The predicted octanol–water partition coefficient (Wildman–Crippen LogP) is 2.41. The lowest BCUT2D eigenvalue weighted by atomic mass is 9.94. The number of rotatable bonds is 6. The molecule has 130 valence electrons. The van der Waals surface area contributed by atoms with Gasteiger partial charge >= 0.3 is 0 Å². The maximum absolute atomic E-state index is 12.2. The number of carbonyl (C=O) groups is 1. The summed E-state index contributed by atoms with van der Waals surface area (Å²) in [6.07, 6.45) is 5.85. The van der Waals surface area contributed by atoms with Gasteiger partial charge in [-0.2, -0.15) is 10.2 Å². The average Bonchev–Trinajstić information content (AvgIpc) is 3.13. The first-order valence-electron chi connectivity index (χ1n) is 8.89. The van der Waals surface area contributed by atoms with Crippen LogP contribution in [0.4, 0.5) is 0 Å². The number of amides is 1. The lowest BCUT2D eigenvalue weighted by Gasteiger charge is -2.15. The van der Waals surface area contributed by atoms with Crippen LogP contribution >= 0.6 is 0 Å². The van der Waals surface area contributed by atoms with E-state index in [1.54, 1.807) is 0 Å². The van der Waals surface area contributed by atoms with Crippen molar-refractivity contribution in [2.45, 2.75) is 65.3 Å². The summed E-state index contributed by atoms with van der Waals surface area (Å²) < 4.78 is 1.97. The van der Waals surface area contributed by atoms with Crippen molar-refractivity contribution in [3.05, 3.63) is 34.4 Å². The highest BCUT2D eigenvalue weighted by atomic mass is 16.1. The number of hydrogen-bond donors (Lipinski definition) is 2. The maximum atomic E-state index is 12.2. The van der Waals surface area contributed by atoms with Crippen molar-refractivity contribution in [1.29, 1.82) is 0 Å². The van der Waals surface area contributed by atoms with Gasteiger partial charge in [0, 0.05) is 30.8 Å². The molecule has 6 nitrogen and oxygen atoms in total. The molecule has 0 spiro atoms. The van der Waals surface area contributed by atoms with Gasteiger partial charge in [0.2, 0.25) is 5.91 Å². The molecule has 0 saturated heterocycles. The smallest absolute Gasteiger partial charge is 0.220 e. The molecule has 2 aromatic rings. The zero-order valence-corrected chi connectivity index (χ0v) is 14.9. The third-order valence-electron chi connectivity index (χ3n) is 4.79. The second-order valence-corrected chi connectivity index (χ2v) is 6.86. The van der Waals surface area contributed by atoms with Gasteiger partial charge in [-0.05, 0) is 58.1 Å². The van der Waals surface area contributed by atoms with Gasteiger partial charge in [-0.15, -0.1) is 0 Å². The largest absolute Gasteiger partial charge is 0.354 e. The lowest BCUT2D eigenvalue weighted by molar-refractivity contribution is -0.121. The molecule has 0 saturated carbocycles. The molecule has 2 heterocycles. The summed E-state index contributed by atoms with van der Waals surface area (Å²) >= 11 is 0. The molecule has 0 unspecified atom stereocenters. The summed E-state index contributed by atoms with van der Waals surface area (Å²) in [6.45, 7) is 6.70. The van der Waals surface area contributed by atoms with Crippen LogP contribution in [-0.2, 0) is 24.1 Å². The zero-order valence-electron chi connectivity index (χ0n) is 14.9. The Kier molecular flexibility index (Phi) is 5.02. The SMILES string of the molecule is Cc1cc(C)n([C@@H](C)CNC(=O)CCc2n[nH]c3c2CCCC3)n1.